The van der Waals surface area contributed by atoms with Crippen LogP contribution in [0.1, 0.15) is 34.3 Å². The highest BCUT2D eigenvalue weighted by molar-refractivity contribution is 6.04. The summed E-state index contributed by atoms with van der Waals surface area (Å²) in [4.78, 5) is 15.6. The monoisotopic (exact) mass is 270 g/mol. The molecule has 0 radical (unpaired) electrons. The number of anilines is 1. The standard InChI is InChI=1S/C16H15FN2O/c17-15-9-8-12(10-18-15)16(20)19-14-7-3-5-11-4-1-2-6-13(11)14/h3,5,7-10H,1-2,4,6H2,(H,19,20). The van der Waals surface area contributed by atoms with Crippen molar-refractivity contribution in [2.45, 2.75) is 25.7 Å². The molecule has 102 valence electrons. The third-order valence-corrected chi connectivity index (χ3v) is 3.63. The minimum absolute atomic E-state index is 0.253. The highest BCUT2D eigenvalue weighted by Crippen LogP contribution is 2.28. The molecule has 3 rings (SSSR count). The largest absolute Gasteiger partial charge is 0.322 e. The molecule has 2 aromatic rings. The average Bonchev–Trinajstić information content (AvgIpc) is 2.48. The van der Waals surface area contributed by atoms with Crippen molar-refractivity contribution in [1.29, 1.82) is 0 Å². The molecule has 1 heterocycles. The molecule has 0 saturated carbocycles. The van der Waals surface area contributed by atoms with Gasteiger partial charge < -0.3 is 5.32 Å². The smallest absolute Gasteiger partial charge is 0.257 e. The maximum Gasteiger partial charge on any atom is 0.257 e. The van der Waals surface area contributed by atoms with Crippen LogP contribution in [0.3, 0.4) is 0 Å². The zero-order valence-corrected chi connectivity index (χ0v) is 11.0. The first kappa shape index (κ1) is 12.8. The number of rotatable bonds is 2. The van der Waals surface area contributed by atoms with Crippen LogP contribution in [0.5, 0.6) is 0 Å². The number of hydrogen-bond donors (Lipinski definition) is 1. The average molecular weight is 270 g/mol. The van der Waals surface area contributed by atoms with Crippen LogP contribution in [0.15, 0.2) is 36.5 Å². The number of hydrogen-bond acceptors (Lipinski definition) is 2. The molecule has 4 heteroatoms. The Morgan fingerprint density at radius 3 is 2.80 bits per heavy atom. The Morgan fingerprint density at radius 1 is 1.15 bits per heavy atom. The van der Waals surface area contributed by atoms with Gasteiger partial charge in [0.25, 0.3) is 5.91 Å². The number of amides is 1. The van der Waals surface area contributed by atoms with Crippen LogP contribution in [0, 0.1) is 5.95 Å². The number of fused-ring (bicyclic) bond motifs is 1. The first-order valence-electron chi connectivity index (χ1n) is 6.78. The van der Waals surface area contributed by atoms with E-state index in [2.05, 4.69) is 16.4 Å². The Bertz CT molecular complexity index is 637. The van der Waals surface area contributed by atoms with Gasteiger partial charge in [0.1, 0.15) is 0 Å². The maximum absolute atomic E-state index is 12.8. The zero-order chi connectivity index (χ0) is 13.9. The minimum Gasteiger partial charge on any atom is -0.322 e. The van der Waals surface area contributed by atoms with Gasteiger partial charge in [-0.2, -0.15) is 4.39 Å². The predicted molar refractivity (Wildman–Crippen MR) is 75.2 cm³/mol. The molecular formula is C16H15FN2O. The first-order valence-corrected chi connectivity index (χ1v) is 6.78. The summed E-state index contributed by atoms with van der Waals surface area (Å²) in [6.07, 6.45) is 5.66. The van der Waals surface area contributed by atoms with Crippen molar-refractivity contribution in [3.63, 3.8) is 0 Å². The number of halogens is 1. The summed E-state index contributed by atoms with van der Waals surface area (Å²) in [5, 5.41) is 2.90. The summed E-state index contributed by atoms with van der Waals surface area (Å²) in [6.45, 7) is 0. The highest BCUT2D eigenvalue weighted by atomic mass is 19.1. The number of benzene rings is 1. The van der Waals surface area contributed by atoms with E-state index in [1.807, 2.05) is 12.1 Å². The molecule has 3 nitrogen and oxygen atoms in total. The second-order valence-electron chi connectivity index (χ2n) is 4.97. The van der Waals surface area contributed by atoms with Crippen molar-refractivity contribution in [3.8, 4) is 0 Å². The molecule has 1 aromatic carbocycles. The van der Waals surface area contributed by atoms with Crippen LogP contribution in [0.25, 0.3) is 0 Å². The van der Waals surface area contributed by atoms with Gasteiger partial charge in [0.15, 0.2) is 0 Å². The second-order valence-corrected chi connectivity index (χ2v) is 4.97. The van der Waals surface area contributed by atoms with E-state index in [1.54, 1.807) is 0 Å². The van der Waals surface area contributed by atoms with Gasteiger partial charge in [-0.15, -0.1) is 0 Å². The minimum atomic E-state index is -0.585. The molecule has 1 amide bonds. The number of aromatic nitrogens is 1. The van der Waals surface area contributed by atoms with Gasteiger partial charge in [-0.25, -0.2) is 4.98 Å². The molecule has 0 bridgehead atoms. The van der Waals surface area contributed by atoms with Crippen LogP contribution in [-0.2, 0) is 12.8 Å². The second kappa shape index (κ2) is 5.41. The fraction of sp³-hybridized carbons (Fsp3) is 0.250. The number of aryl methyl sites for hydroxylation is 1. The van der Waals surface area contributed by atoms with Gasteiger partial charge in [-0.1, -0.05) is 12.1 Å². The topological polar surface area (TPSA) is 42.0 Å². The van der Waals surface area contributed by atoms with E-state index >= 15 is 0 Å². The molecule has 0 spiro atoms. The molecule has 1 aromatic heterocycles. The van der Waals surface area contributed by atoms with Crippen LogP contribution in [0.4, 0.5) is 10.1 Å². The van der Waals surface area contributed by atoms with E-state index in [-0.39, 0.29) is 5.91 Å². The summed E-state index contributed by atoms with van der Waals surface area (Å²) in [6, 6.07) is 8.62. The van der Waals surface area contributed by atoms with Crippen molar-refractivity contribution in [2.24, 2.45) is 0 Å². The van der Waals surface area contributed by atoms with E-state index in [4.69, 9.17) is 0 Å². The number of pyridine rings is 1. The van der Waals surface area contributed by atoms with Gasteiger partial charge in [-0.3, -0.25) is 4.79 Å². The zero-order valence-electron chi connectivity index (χ0n) is 11.0. The quantitative estimate of drug-likeness (QED) is 0.850. The first-order chi connectivity index (χ1) is 9.74. The SMILES string of the molecule is O=C(Nc1cccc2c1CCCC2)c1ccc(F)nc1. The Morgan fingerprint density at radius 2 is 2.00 bits per heavy atom. The molecular weight excluding hydrogens is 255 g/mol. The maximum atomic E-state index is 12.8. The van der Waals surface area contributed by atoms with Gasteiger partial charge in [0.2, 0.25) is 5.95 Å². The molecule has 0 saturated heterocycles. The van der Waals surface area contributed by atoms with Gasteiger partial charge in [0, 0.05) is 11.9 Å². The highest BCUT2D eigenvalue weighted by Gasteiger charge is 2.15. The lowest BCUT2D eigenvalue weighted by Crippen LogP contribution is -2.15. The van der Waals surface area contributed by atoms with Gasteiger partial charge >= 0.3 is 0 Å². The van der Waals surface area contributed by atoms with Crippen LogP contribution >= 0.6 is 0 Å². The van der Waals surface area contributed by atoms with Crippen LogP contribution in [0.2, 0.25) is 0 Å². The van der Waals surface area contributed by atoms with E-state index in [0.29, 0.717) is 5.56 Å². The number of carbonyl (C=O) groups excluding carboxylic acids is 1. The summed E-state index contributed by atoms with van der Waals surface area (Å²) in [5.74, 6) is -0.838. The molecule has 0 aliphatic heterocycles. The molecule has 1 aliphatic rings. The van der Waals surface area contributed by atoms with Crippen molar-refractivity contribution in [1.82, 2.24) is 4.98 Å². The summed E-state index contributed by atoms with van der Waals surface area (Å²) < 4.78 is 12.8. The van der Waals surface area contributed by atoms with Crippen LogP contribution < -0.4 is 5.32 Å². The lowest BCUT2D eigenvalue weighted by Gasteiger charge is -2.19. The summed E-state index contributed by atoms with van der Waals surface area (Å²) >= 11 is 0. The Balaban J connectivity index is 1.84. The molecule has 0 fully saturated rings. The van der Waals surface area contributed by atoms with Crippen molar-refractivity contribution in [3.05, 3.63) is 59.2 Å². The molecule has 20 heavy (non-hydrogen) atoms. The van der Waals surface area contributed by atoms with E-state index in [0.717, 1.165) is 24.9 Å². The van der Waals surface area contributed by atoms with E-state index < -0.39 is 5.95 Å². The summed E-state index contributed by atoms with van der Waals surface area (Å²) in [7, 11) is 0. The fourth-order valence-corrected chi connectivity index (χ4v) is 2.60. The lowest BCUT2D eigenvalue weighted by atomic mass is 9.90. The lowest BCUT2D eigenvalue weighted by molar-refractivity contribution is 0.102. The molecule has 1 aliphatic carbocycles. The van der Waals surface area contributed by atoms with Crippen molar-refractivity contribution >= 4 is 11.6 Å². The van der Waals surface area contributed by atoms with Crippen LogP contribution in [-0.4, -0.2) is 10.9 Å². The Labute approximate surface area is 116 Å². The molecule has 0 atom stereocenters. The summed E-state index contributed by atoms with van der Waals surface area (Å²) in [5.41, 5.74) is 3.75. The van der Waals surface area contributed by atoms with E-state index in [9.17, 15) is 9.18 Å². The fourth-order valence-electron chi connectivity index (χ4n) is 2.60. The van der Waals surface area contributed by atoms with E-state index in [1.165, 1.54) is 35.9 Å². The number of carbonyl (C=O) groups is 1. The molecule has 1 N–H and O–H groups in total. The Kier molecular flexibility index (Phi) is 3.46. The number of nitrogens with one attached hydrogen (secondary N) is 1. The van der Waals surface area contributed by atoms with Crippen molar-refractivity contribution in [2.75, 3.05) is 5.32 Å². The van der Waals surface area contributed by atoms with Gasteiger partial charge in [-0.05, 0) is 55.0 Å². The molecule has 0 unspecified atom stereocenters. The van der Waals surface area contributed by atoms with Gasteiger partial charge in [0.05, 0.1) is 5.56 Å². The Hall–Kier alpha value is -2.23. The normalized spacial score (nSPS) is 13.7. The third-order valence-electron chi connectivity index (χ3n) is 3.63. The number of nitrogens with zero attached hydrogens (tertiary/aromatic N) is 1. The van der Waals surface area contributed by atoms with Crippen molar-refractivity contribution < 1.29 is 9.18 Å². The third kappa shape index (κ3) is 2.54. The predicted octanol–water partition coefficient (Wildman–Crippen LogP) is 3.35.